The molecule has 0 radical (unpaired) electrons. The smallest absolute Gasteiger partial charge is 0.0582 e. The van der Waals surface area contributed by atoms with Crippen LogP contribution in [-0.2, 0) is 20.9 Å². The van der Waals surface area contributed by atoms with Crippen molar-refractivity contribution >= 4 is 0 Å². The fraction of sp³-hybridized carbons (Fsp3) is 0.857. The molecule has 23 heavy (non-hydrogen) atoms. The second kappa shape index (κ2) is 17.4. The standard InChI is InChI=1S/C8H15.C6H11.C5H11N.C2H5.Nb/c1-7-4-3-5-8(2)6-7;1-2-4-6-5-3-1;1-4-5(2,3)6;1-2;/h6-8H,3-5H2,1-2H3;1H,2-6H2;4H2,1-3H3;1H2,2H3;/q2*-1;;-1;. The minimum atomic E-state index is 0.231. The maximum Gasteiger partial charge on any atom is -0.0582 e. The third-order valence-electron chi connectivity index (χ3n) is 4.43. The first-order chi connectivity index (χ1) is 10.9. The Morgan fingerprint density at radius 2 is 1.48 bits per heavy atom. The molecule has 2 aliphatic carbocycles. The molecule has 0 aromatic heterocycles. The van der Waals surface area contributed by atoms with Crippen molar-refractivity contribution in [2.45, 2.75) is 105 Å². The summed E-state index contributed by atoms with van der Waals surface area (Å²) in [7, 11) is 0. The van der Waals surface area contributed by atoms with Gasteiger partial charge >= 0.3 is 57.0 Å². The SMILES string of the molecule is CC1[CH-]C(C)CCC1.CCC(C)(C)[N]=[Nb].[CH-]1CCCCC1.[CH2-]C. The summed E-state index contributed by atoms with van der Waals surface area (Å²) >= 11 is 1.55. The van der Waals surface area contributed by atoms with Crippen molar-refractivity contribution in [3.63, 3.8) is 0 Å². The molecule has 2 fully saturated rings. The van der Waals surface area contributed by atoms with Crippen molar-refractivity contribution in [3.05, 3.63) is 19.8 Å². The van der Waals surface area contributed by atoms with Crippen LogP contribution >= 0.6 is 0 Å². The van der Waals surface area contributed by atoms with Crippen LogP contribution in [-0.4, -0.2) is 5.54 Å². The summed E-state index contributed by atoms with van der Waals surface area (Å²) in [6, 6.07) is 0. The second-order valence-corrected chi connectivity index (χ2v) is 7.76. The molecular formula is C21H42NNb-3. The van der Waals surface area contributed by atoms with Crippen LogP contribution in [0.4, 0.5) is 0 Å². The zero-order chi connectivity index (χ0) is 18.1. The van der Waals surface area contributed by atoms with E-state index in [0.717, 1.165) is 18.3 Å². The second-order valence-electron chi connectivity index (χ2n) is 7.27. The van der Waals surface area contributed by atoms with Crippen LogP contribution in [0.25, 0.3) is 0 Å². The van der Waals surface area contributed by atoms with Crippen molar-refractivity contribution < 1.29 is 20.9 Å². The molecule has 139 valence electrons. The van der Waals surface area contributed by atoms with Gasteiger partial charge in [0.2, 0.25) is 0 Å². The predicted octanol–water partition coefficient (Wildman–Crippen LogP) is 7.55. The quantitative estimate of drug-likeness (QED) is 0.335. The van der Waals surface area contributed by atoms with Gasteiger partial charge in [0.25, 0.3) is 0 Å². The molecule has 2 saturated carbocycles. The molecule has 2 rings (SSSR count). The van der Waals surface area contributed by atoms with Crippen LogP contribution in [0.1, 0.15) is 99.3 Å². The van der Waals surface area contributed by atoms with Gasteiger partial charge in [-0.05, 0) is 0 Å². The number of hydrogen-bond acceptors (Lipinski definition) is 1. The Morgan fingerprint density at radius 3 is 1.61 bits per heavy atom. The molecule has 2 atom stereocenters. The maximum atomic E-state index is 4.19. The Bertz CT molecular complexity index is 227. The molecule has 2 aliphatic rings. The first-order valence-electron chi connectivity index (χ1n) is 9.65. The summed E-state index contributed by atoms with van der Waals surface area (Å²) in [5.74, 6) is 1.78. The van der Waals surface area contributed by atoms with E-state index in [1.165, 1.54) is 51.4 Å². The Balaban J connectivity index is 0. The van der Waals surface area contributed by atoms with Crippen LogP contribution in [0.5, 0.6) is 0 Å². The molecule has 0 aromatic rings. The van der Waals surface area contributed by atoms with Gasteiger partial charge in [0.1, 0.15) is 0 Å². The normalized spacial score (nSPS) is 23.7. The molecular weight excluding hydrogens is 359 g/mol. The summed E-state index contributed by atoms with van der Waals surface area (Å²) in [6.07, 6.45) is 17.4. The van der Waals surface area contributed by atoms with Crippen molar-refractivity contribution in [2.24, 2.45) is 15.2 Å². The fourth-order valence-electron chi connectivity index (χ4n) is 2.48. The van der Waals surface area contributed by atoms with Gasteiger partial charge in [0, 0.05) is 0 Å². The Hall–Kier alpha value is 0.540. The average Bonchev–Trinajstić information content (AvgIpc) is 2.59. The Labute approximate surface area is 160 Å². The van der Waals surface area contributed by atoms with Crippen molar-refractivity contribution in [3.8, 4) is 0 Å². The van der Waals surface area contributed by atoms with Crippen LogP contribution in [0.2, 0.25) is 0 Å². The van der Waals surface area contributed by atoms with E-state index in [1.807, 2.05) is 0 Å². The first kappa shape index (κ1) is 25.8. The molecule has 1 nitrogen and oxygen atoms in total. The van der Waals surface area contributed by atoms with Crippen LogP contribution < -0.4 is 0 Å². The van der Waals surface area contributed by atoms with Gasteiger partial charge in [-0.25, -0.2) is 0 Å². The molecule has 0 heterocycles. The topological polar surface area (TPSA) is 12.4 Å². The van der Waals surface area contributed by atoms with Crippen LogP contribution in [0, 0.1) is 31.6 Å². The van der Waals surface area contributed by atoms with E-state index < -0.39 is 0 Å². The van der Waals surface area contributed by atoms with Crippen LogP contribution in [0.3, 0.4) is 0 Å². The third kappa shape index (κ3) is 18.7. The van der Waals surface area contributed by atoms with Gasteiger partial charge in [-0.3, -0.25) is 0 Å². The molecule has 0 amide bonds. The monoisotopic (exact) mass is 401 g/mol. The van der Waals surface area contributed by atoms with Gasteiger partial charge in [-0.2, -0.15) is 31.6 Å². The summed E-state index contributed by atoms with van der Waals surface area (Å²) in [6.45, 7) is 16.1. The number of hydrogen-bond donors (Lipinski definition) is 0. The molecule has 0 aliphatic heterocycles. The molecule has 0 spiro atoms. The molecule has 2 heteroatoms. The molecule has 0 N–H and O–H groups in total. The summed E-state index contributed by atoms with van der Waals surface area (Å²) in [5.41, 5.74) is 0.231. The third-order valence-corrected chi connectivity index (χ3v) is 5.76. The van der Waals surface area contributed by atoms with Gasteiger partial charge in [0.05, 0.1) is 0 Å². The average molecular weight is 401 g/mol. The predicted molar refractivity (Wildman–Crippen MR) is 102 cm³/mol. The van der Waals surface area contributed by atoms with E-state index in [9.17, 15) is 0 Å². The molecule has 2 unspecified atom stereocenters. The molecule has 0 bridgehead atoms. The number of nitrogens with zero attached hydrogens (tertiary/aromatic N) is 1. The Kier molecular flexibility index (Phi) is 19.5. The minimum absolute atomic E-state index is 0.231. The zero-order valence-corrected chi connectivity index (χ0v) is 19.0. The molecule has 0 saturated heterocycles. The van der Waals surface area contributed by atoms with E-state index >= 15 is 0 Å². The van der Waals surface area contributed by atoms with E-state index in [1.54, 1.807) is 27.8 Å². The van der Waals surface area contributed by atoms with Gasteiger partial charge in [0.15, 0.2) is 0 Å². The van der Waals surface area contributed by atoms with Crippen molar-refractivity contribution in [1.82, 2.24) is 0 Å². The largest absolute Gasteiger partial charge is 0.346 e. The van der Waals surface area contributed by atoms with E-state index in [0.29, 0.717) is 0 Å². The molecule has 0 aromatic carbocycles. The summed E-state index contributed by atoms with van der Waals surface area (Å²) in [5, 5.41) is 0. The minimum Gasteiger partial charge on any atom is -0.346 e. The van der Waals surface area contributed by atoms with Crippen LogP contribution in [0.15, 0.2) is 3.34 Å². The van der Waals surface area contributed by atoms with Gasteiger partial charge in [-0.1, -0.05) is 52.4 Å². The van der Waals surface area contributed by atoms with E-state index in [4.69, 9.17) is 0 Å². The van der Waals surface area contributed by atoms with E-state index in [2.05, 4.69) is 57.7 Å². The van der Waals surface area contributed by atoms with E-state index in [-0.39, 0.29) is 5.54 Å². The van der Waals surface area contributed by atoms with Crippen molar-refractivity contribution in [2.75, 3.05) is 0 Å². The zero-order valence-electron chi connectivity index (χ0n) is 16.8. The van der Waals surface area contributed by atoms with Gasteiger partial charge in [-0.15, -0.1) is 0 Å². The summed E-state index contributed by atoms with van der Waals surface area (Å²) in [4.78, 5) is 0. The summed E-state index contributed by atoms with van der Waals surface area (Å²) < 4.78 is 4.19. The fourth-order valence-corrected chi connectivity index (χ4v) is 2.83. The Morgan fingerprint density at radius 1 is 1.00 bits per heavy atom. The first-order valence-corrected chi connectivity index (χ1v) is 10.6. The maximum absolute atomic E-state index is 4.19. The van der Waals surface area contributed by atoms with Gasteiger partial charge < -0.3 is 19.8 Å². The van der Waals surface area contributed by atoms with Crippen molar-refractivity contribution in [1.29, 1.82) is 0 Å². The number of rotatable bonds is 2.